The first-order valence-electron chi connectivity index (χ1n) is 11.4. The fourth-order valence-electron chi connectivity index (χ4n) is 4.21. The zero-order chi connectivity index (χ0) is 27.4. The lowest BCUT2D eigenvalue weighted by Crippen LogP contribution is -2.23. The summed E-state index contributed by atoms with van der Waals surface area (Å²) in [6.07, 6.45) is -4.83. The van der Waals surface area contributed by atoms with Gasteiger partial charge in [0.1, 0.15) is 11.6 Å². The Morgan fingerprint density at radius 2 is 1.66 bits per heavy atom. The largest absolute Gasteiger partial charge is 0.417 e. The van der Waals surface area contributed by atoms with Crippen LogP contribution in [0, 0.1) is 5.82 Å². The standard InChI is InChI=1S/C26H21F4N5O2S/c1-14(2)38(36,37)35-20-13-16(11-12-19(20)32-25(35)31)23-22(15-7-4-3-5-8-15)33-24(34-23)21-17(26(28,29)30)9-6-10-18(21)27/h3-14H,1-2H3,(H2,31,32)(H,33,34). The molecule has 0 aliphatic heterocycles. The third-order valence-corrected chi connectivity index (χ3v) is 8.17. The molecule has 3 aromatic carbocycles. The Labute approximate surface area is 215 Å². The quantitative estimate of drug-likeness (QED) is 0.261. The maximum absolute atomic E-state index is 14.8. The van der Waals surface area contributed by atoms with Crippen molar-refractivity contribution in [1.29, 1.82) is 0 Å². The van der Waals surface area contributed by atoms with E-state index < -0.39 is 38.4 Å². The predicted octanol–water partition coefficient (Wildman–Crippen LogP) is 6.09. The van der Waals surface area contributed by atoms with Gasteiger partial charge in [-0.25, -0.2) is 26.7 Å². The lowest BCUT2D eigenvalue weighted by molar-refractivity contribution is -0.137. The van der Waals surface area contributed by atoms with E-state index in [2.05, 4.69) is 15.0 Å². The molecular weight excluding hydrogens is 522 g/mol. The van der Waals surface area contributed by atoms with Crippen molar-refractivity contribution >= 4 is 27.0 Å². The van der Waals surface area contributed by atoms with Crippen molar-refractivity contribution in [3.63, 3.8) is 0 Å². The summed E-state index contributed by atoms with van der Waals surface area (Å²) < 4.78 is 83.1. The van der Waals surface area contributed by atoms with Gasteiger partial charge in [0, 0.05) is 11.1 Å². The number of nitrogen functional groups attached to an aromatic ring is 1. The molecule has 0 radical (unpaired) electrons. The minimum atomic E-state index is -4.83. The topological polar surface area (TPSA) is 107 Å². The van der Waals surface area contributed by atoms with Crippen LogP contribution in [0.5, 0.6) is 0 Å². The van der Waals surface area contributed by atoms with Crippen molar-refractivity contribution in [2.45, 2.75) is 25.3 Å². The van der Waals surface area contributed by atoms with E-state index in [1.54, 1.807) is 42.5 Å². The van der Waals surface area contributed by atoms with Crippen molar-refractivity contribution in [1.82, 2.24) is 18.9 Å². The number of halogens is 4. The van der Waals surface area contributed by atoms with E-state index in [1.165, 1.54) is 19.9 Å². The molecule has 0 amide bonds. The summed E-state index contributed by atoms with van der Waals surface area (Å²) in [5, 5.41) is -0.801. The predicted molar refractivity (Wildman–Crippen MR) is 137 cm³/mol. The van der Waals surface area contributed by atoms with Gasteiger partial charge in [0.15, 0.2) is 0 Å². The van der Waals surface area contributed by atoms with Gasteiger partial charge >= 0.3 is 6.18 Å². The number of benzene rings is 3. The second-order valence-corrected chi connectivity index (χ2v) is 11.2. The van der Waals surface area contributed by atoms with Crippen LogP contribution in [0.2, 0.25) is 0 Å². The molecule has 12 heteroatoms. The van der Waals surface area contributed by atoms with Gasteiger partial charge in [-0.15, -0.1) is 0 Å². The zero-order valence-corrected chi connectivity index (χ0v) is 20.9. The summed E-state index contributed by atoms with van der Waals surface area (Å²) in [6.45, 7) is 3.01. The number of rotatable bonds is 5. The van der Waals surface area contributed by atoms with E-state index in [0.29, 0.717) is 22.3 Å². The van der Waals surface area contributed by atoms with E-state index in [9.17, 15) is 26.0 Å². The van der Waals surface area contributed by atoms with E-state index in [0.717, 1.165) is 22.2 Å². The molecular formula is C26H21F4N5O2S. The molecule has 0 fully saturated rings. The minimum absolute atomic E-state index is 0.180. The summed E-state index contributed by atoms with van der Waals surface area (Å²) in [4.78, 5) is 11.4. The summed E-state index contributed by atoms with van der Waals surface area (Å²) in [7, 11) is -3.89. The van der Waals surface area contributed by atoms with Crippen molar-refractivity contribution in [3.05, 3.63) is 78.1 Å². The van der Waals surface area contributed by atoms with Crippen LogP contribution in [0.4, 0.5) is 23.5 Å². The van der Waals surface area contributed by atoms with Gasteiger partial charge < -0.3 is 10.7 Å². The van der Waals surface area contributed by atoms with E-state index in [4.69, 9.17) is 5.73 Å². The van der Waals surface area contributed by atoms with Crippen LogP contribution >= 0.6 is 0 Å². The molecule has 38 heavy (non-hydrogen) atoms. The van der Waals surface area contributed by atoms with Crippen molar-refractivity contribution in [2.75, 3.05) is 5.73 Å². The Kier molecular flexibility index (Phi) is 6.02. The zero-order valence-electron chi connectivity index (χ0n) is 20.1. The van der Waals surface area contributed by atoms with Crippen molar-refractivity contribution < 1.29 is 26.0 Å². The number of imidazole rings is 2. The highest BCUT2D eigenvalue weighted by Gasteiger charge is 2.36. The number of hydrogen-bond donors (Lipinski definition) is 2. The summed E-state index contributed by atoms with van der Waals surface area (Å²) >= 11 is 0. The van der Waals surface area contributed by atoms with Crippen LogP contribution < -0.4 is 5.73 Å². The molecule has 2 heterocycles. The average Bonchev–Trinajstić information content (AvgIpc) is 3.44. The average molecular weight is 544 g/mol. The molecule has 0 aliphatic carbocycles. The molecule has 0 unspecified atom stereocenters. The Balaban J connectivity index is 1.80. The second kappa shape index (κ2) is 8.98. The molecule has 5 rings (SSSR count). The normalized spacial score (nSPS) is 12.5. The first-order chi connectivity index (χ1) is 17.9. The second-order valence-electron chi connectivity index (χ2n) is 8.87. The number of H-pyrrole nitrogens is 1. The first-order valence-corrected chi connectivity index (χ1v) is 12.9. The SMILES string of the molecule is CC(C)S(=O)(=O)n1c(N)nc2ccc(-c3nc(-c4c(F)cccc4C(F)(F)F)[nH]c3-c3ccccc3)cc21. The monoisotopic (exact) mass is 543 g/mol. The number of aromatic amines is 1. The Bertz CT molecular complexity index is 1780. The van der Waals surface area contributed by atoms with Crippen LogP contribution in [0.1, 0.15) is 19.4 Å². The summed E-state index contributed by atoms with van der Waals surface area (Å²) in [5.74, 6) is -1.64. The van der Waals surface area contributed by atoms with Gasteiger partial charge in [-0.1, -0.05) is 42.5 Å². The number of anilines is 1. The van der Waals surface area contributed by atoms with Crippen LogP contribution in [-0.4, -0.2) is 32.6 Å². The highest BCUT2D eigenvalue weighted by atomic mass is 32.2. The molecule has 5 aromatic rings. The molecule has 0 saturated heterocycles. The highest BCUT2D eigenvalue weighted by molar-refractivity contribution is 7.90. The number of nitrogens with two attached hydrogens (primary N) is 1. The number of aromatic nitrogens is 4. The first kappa shape index (κ1) is 25.5. The Morgan fingerprint density at radius 1 is 0.947 bits per heavy atom. The van der Waals surface area contributed by atoms with Crippen molar-refractivity contribution in [2.24, 2.45) is 0 Å². The van der Waals surface area contributed by atoms with Gasteiger partial charge in [0.2, 0.25) is 16.0 Å². The fraction of sp³-hybridized carbons (Fsp3) is 0.154. The minimum Gasteiger partial charge on any atom is -0.368 e. The number of alkyl halides is 3. The smallest absolute Gasteiger partial charge is 0.368 e. The van der Waals surface area contributed by atoms with Gasteiger partial charge in [-0.3, -0.25) is 0 Å². The number of hydrogen-bond acceptors (Lipinski definition) is 5. The van der Waals surface area contributed by atoms with Gasteiger partial charge in [0.25, 0.3) is 0 Å². The van der Waals surface area contributed by atoms with E-state index in [1.807, 2.05) is 0 Å². The van der Waals surface area contributed by atoms with Gasteiger partial charge in [-0.05, 0) is 38.1 Å². The number of nitrogens with one attached hydrogen (secondary N) is 1. The van der Waals surface area contributed by atoms with Crippen LogP contribution in [0.3, 0.4) is 0 Å². The molecule has 2 aromatic heterocycles. The van der Waals surface area contributed by atoms with Crippen LogP contribution in [-0.2, 0) is 16.2 Å². The third kappa shape index (κ3) is 4.20. The van der Waals surface area contributed by atoms with Crippen LogP contribution in [0.15, 0.2) is 66.7 Å². The maximum Gasteiger partial charge on any atom is 0.417 e. The number of fused-ring (bicyclic) bond motifs is 1. The molecule has 7 nitrogen and oxygen atoms in total. The van der Waals surface area contributed by atoms with E-state index in [-0.39, 0.29) is 23.0 Å². The highest BCUT2D eigenvalue weighted by Crippen LogP contribution is 2.40. The fourth-order valence-corrected chi connectivity index (χ4v) is 5.36. The molecule has 0 spiro atoms. The molecule has 0 bridgehead atoms. The Hall–Kier alpha value is -4.19. The van der Waals surface area contributed by atoms with E-state index >= 15 is 0 Å². The lowest BCUT2D eigenvalue weighted by atomic mass is 10.0. The third-order valence-electron chi connectivity index (χ3n) is 6.08. The molecule has 0 atom stereocenters. The van der Waals surface area contributed by atoms with Crippen molar-refractivity contribution in [3.8, 4) is 33.9 Å². The molecule has 196 valence electrons. The molecule has 0 saturated carbocycles. The summed E-state index contributed by atoms with van der Waals surface area (Å²) in [5.41, 5.74) is 5.99. The molecule has 0 aliphatic rings. The lowest BCUT2D eigenvalue weighted by Gasteiger charge is -2.11. The van der Waals surface area contributed by atoms with Gasteiger partial charge in [0.05, 0.1) is 38.8 Å². The summed E-state index contributed by atoms with van der Waals surface area (Å²) in [6, 6.07) is 16.0. The van der Waals surface area contributed by atoms with Gasteiger partial charge in [-0.2, -0.15) is 13.2 Å². The molecule has 3 N–H and O–H groups in total. The maximum atomic E-state index is 14.8. The van der Waals surface area contributed by atoms with Crippen LogP contribution in [0.25, 0.3) is 44.9 Å². The Morgan fingerprint density at radius 3 is 2.32 bits per heavy atom. The number of nitrogens with zero attached hydrogens (tertiary/aromatic N) is 3.